The smallest absolute Gasteiger partial charge is 0.291 e. The number of hydrogen-bond acceptors (Lipinski definition) is 2. The summed E-state index contributed by atoms with van der Waals surface area (Å²) >= 11 is 3.41. The van der Waals surface area contributed by atoms with Crippen LogP contribution in [0.1, 0.15) is 10.4 Å². The number of hydrogen-bond donors (Lipinski definition) is 1. The number of rotatable bonds is 5. The summed E-state index contributed by atoms with van der Waals surface area (Å²) in [5.74, 6) is 0.551. The zero-order valence-corrected chi connectivity index (χ0v) is 17.6. The lowest BCUT2D eigenvalue weighted by Gasteiger charge is -2.03. The summed E-state index contributed by atoms with van der Waals surface area (Å²) in [7, 11) is 1.91. The zero-order chi connectivity index (χ0) is 20.4. The second-order valence-corrected chi connectivity index (χ2v) is 7.85. The van der Waals surface area contributed by atoms with Crippen LogP contribution in [0.25, 0.3) is 22.4 Å². The van der Waals surface area contributed by atoms with Crippen molar-refractivity contribution in [2.45, 2.75) is 6.54 Å². The quantitative estimate of drug-likeness (QED) is 0.351. The second-order valence-electron chi connectivity index (χ2n) is 6.94. The van der Waals surface area contributed by atoms with Gasteiger partial charge in [0.25, 0.3) is 0 Å². The molecule has 2 N–H and O–H groups in total. The number of Topliss-reactive ketones (excluding diaryl/α,β-unsaturated/α-hetero) is 1. The molecule has 0 spiro atoms. The van der Waals surface area contributed by atoms with Gasteiger partial charge >= 0.3 is 5.95 Å². The van der Waals surface area contributed by atoms with Crippen molar-refractivity contribution in [3.63, 3.8) is 0 Å². The van der Waals surface area contributed by atoms with Crippen molar-refractivity contribution in [1.82, 2.24) is 4.57 Å². The lowest BCUT2D eigenvalue weighted by molar-refractivity contribution is -0.667. The largest absolute Gasteiger partial charge is 0.355 e. The summed E-state index contributed by atoms with van der Waals surface area (Å²) in [6.07, 6.45) is 1.93. The Bertz CT molecular complexity index is 1160. The molecule has 0 fully saturated rings. The van der Waals surface area contributed by atoms with Crippen LogP contribution in [0.2, 0.25) is 0 Å². The van der Waals surface area contributed by atoms with Crippen molar-refractivity contribution in [1.29, 1.82) is 0 Å². The van der Waals surface area contributed by atoms with Gasteiger partial charge in [0.15, 0.2) is 5.78 Å². The topological polar surface area (TPSA) is 51.9 Å². The fraction of sp³-hybridized carbons (Fsp3) is 0.0833. The third kappa shape index (κ3) is 4.00. The first-order chi connectivity index (χ1) is 14.0. The fourth-order valence-electron chi connectivity index (χ4n) is 3.38. The summed E-state index contributed by atoms with van der Waals surface area (Å²) < 4.78 is 4.59. The molecule has 0 aliphatic carbocycles. The molecule has 0 unspecified atom stereocenters. The maximum absolute atomic E-state index is 12.7. The fourth-order valence-corrected chi connectivity index (χ4v) is 3.78. The van der Waals surface area contributed by atoms with Crippen molar-refractivity contribution in [2.24, 2.45) is 7.05 Å². The average molecular weight is 447 g/mol. The number of aromatic nitrogens is 2. The Balaban J connectivity index is 1.60. The molecule has 0 amide bonds. The van der Waals surface area contributed by atoms with Gasteiger partial charge in [-0.1, -0.05) is 82.7 Å². The molecule has 3 aromatic carbocycles. The highest BCUT2D eigenvalue weighted by Gasteiger charge is 2.20. The Morgan fingerprint density at radius 1 is 0.931 bits per heavy atom. The Kier molecular flexibility index (Phi) is 5.32. The number of benzene rings is 3. The maximum atomic E-state index is 12.7. The van der Waals surface area contributed by atoms with Gasteiger partial charge in [-0.05, 0) is 23.3 Å². The molecular weight excluding hydrogens is 426 g/mol. The molecule has 0 atom stereocenters. The second kappa shape index (κ2) is 8.05. The molecule has 0 radical (unpaired) electrons. The molecule has 144 valence electrons. The van der Waals surface area contributed by atoms with E-state index >= 15 is 0 Å². The van der Waals surface area contributed by atoms with E-state index < -0.39 is 0 Å². The molecule has 0 saturated carbocycles. The lowest BCUT2D eigenvalue weighted by atomic mass is 10.0. The number of nitrogens with two attached hydrogens (primary N) is 1. The van der Waals surface area contributed by atoms with E-state index in [-0.39, 0.29) is 12.3 Å². The molecule has 0 aliphatic heterocycles. The lowest BCUT2D eigenvalue weighted by Crippen LogP contribution is -2.39. The normalized spacial score (nSPS) is 10.8. The third-order valence-electron chi connectivity index (χ3n) is 5.03. The minimum absolute atomic E-state index is 0.0135. The van der Waals surface area contributed by atoms with Crippen LogP contribution in [0.4, 0.5) is 5.95 Å². The molecule has 4 nitrogen and oxygen atoms in total. The highest BCUT2D eigenvalue weighted by atomic mass is 79.9. The van der Waals surface area contributed by atoms with Crippen molar-refractivity contribution >= 4 is 27.7 Å². The molecule has 4 aromatic rings. The van der Waals surface area contributed by atoms with E-state index in [1.807, 2.05) is 60.3 Å². The molecule has 1 aromatic heterocycles. The van der Waals surface area contributed by atoms with E-state index in [1.54, 1.807) is 4.57 Å². The summed E-state index contributed by atoms with van der Waals surface area (Å²) in [5.41, 5.74) is 11.3. The van der Waals surface area contributed by atoms with Gasteiger partial charge in [0.1, 0.15) is 18.4 Å². The van der Waals surface area contributed by atoms with Crippen LogP contribution < -0.4 is 10.3 Å². The third-order valence-corrected chi connectivity index (χ3v) is 5.52. The number of nitrogen functional groups attached to an aromatic ring is 1. The highest BCUT2D eigenvalue weighted by Crippen LogP contribution is 2.25. The van der Waals surface area contributed by atoms with Crippen LogP contribution in [-0.4, -0.2) is 10.4 Å². The van der Waals surface area contributed by atoms with Gasteiger partial charge in [-0.15, -0.1) is 0 Å². The van der Waals surface area contributed by atoms with E-state index in [1.165, 1.54) is 5.56 Å². The number of imidazole rings is 1. The molecule has 0 bridgehead atoms. The van der Waals surface area contributed by atoms with Gasteiger partial charge in [0, 0.05) is 15.6 Å². The molecule has 1 heterocycles. The van der Waals surface area contributed by atoms with E-state index in [2.05, 4.69) is 52.3 Å². The molecule has 0 aliphatic rings. The number of anilines is 1. The predicted octanol–water partition coefficient (Wildman–Crippen LogP) is 4.87. The van der Waals surface area contributed by atoms with Crippen molar-refractivity contribution < 1.29 is 9.36 Å². The number of carbonyl (C=O) groups is 1. The number of halogens is 1. The van der Waals surface area contributed by atoms with Gasteiger partial charge < -0.3 is 0 Å². The Morgan fingerprint density at radius 2 is 1.59 bits per heavy atom. The standard InChI is InChI=1S/C24H20BrN3O/c1-27-22(19-12-10-18(11-13-19)17-6-3-2-4-7-17)15-28(24(27)26)16-23(29)20-8-5-9-21(25)14-20/h2-15,26H,16H2,1H3/p+1. The summed E-state index contributed by atoms with van der Waals surface area (Å²) in [6, 6.07) is 26.0. The van der Waals surface area contributed by atoms with Gasteiger partial charge in [-0.2, -0.15) is 0 Å². The molecular formula is C24H21BrN3O+. The molecule has 4 rings (SSSR count). The number of ketones is 1. The SMILES string of the molecule is Cn1c(-c2ccc(-c3ccccc3)cc2)c[n+](CC(=O)c2cccc(Br)c2)c1N. The summed E-state index contributed by atoms with van der Waals surface area (Å²) in [5, 5.41) is 0. The van der Waals surface area contributed by atoms with Gasteiger partial charge in [-0.3, -0.25) is 10.5 Å². The van der Waals surface area contributed by atoms with E-state index in [0.29, 0.717) is 11.5 Å². The molecule has 5 heteroatoms. The maximum Gasteiger partial charge on any atom is 0.355 e. The first-order valence-corrected chi connectivity index (χ1v) is 10.1. The summed E-state index contributed by atoms with van der Waals surface area (Å²) in [6.45, 7) is 0.193. The minimum atomic E-state index is 0.0135. The molecule has 0 saturated heterocycles. The van der Waals surface area contributed by atoms with Crippen LogP contribution in [0, 0.1) is 0 Å². The van der Waals surface area contributed by atoms with E-state index in [9.17, 15) is 4.79 Å². The Morgan fingerprint density at radius 3 is 2.28 bits per heavy atom. The molecule has 29 heavy (non-hydrogen) atoms. The summed E-state index contributed by atoms with van der Waals surface area (Å²) in [4.78, 5) is 12.7. The van der Waals surface area contributed by atoms with Crippen LogP contribution in [0.5, 0.6) is 0 Å². The van der Waals surface area contributed by atoms with E-state index in [4.69, 9.17) is 5.73 Å². The number of nitrogens with zero attached hydrogens (tertiary/aromatic N) is 2. The van der Waals surface area contributed by atoms with Crippen LogP contribution in [-0.2, 0) is 13.6 Å². The minimum Gasteiger partial charge on any atom is -0.291 e. The van der Waals surface area contributed by atoms with Gasteiger partial charge in [0.05, 0.1) is 7.05 Å². The van der Waals surface area contributed by atoms with Crippen molar-refractivity contribution in [2.75, 3.05) is 5.73 Å². The van der Waals surface area contributed by atoms with Gasteiger partial charge in [-0.25, -0.2) is 9.13 Å². The van der Waals surface area contributed by atoms with Crippen LogP contribution in [0.3, 0.4) is 0 Å². The highest BCUT2D eigenvalue weighted by molar-refractivity contribution is 9.10. The first-order valence-electron chi connectivity index (χ1n) is 9.32. The van der Waals surface area contributed by atoms with Crippen molar-refractivity contribution in [3.05, 3.63) is 95.1 Å². The van der Waals surface area contributed by atoms with Crippen LogP contribution >= 0.6 is 15.9 Å². The number of carbonyl (C=O) groups excluding carboxylic acids is 1. The predicted molar refractivity (Wildman–Crippen MR) is 119 cm³/mol. The van der Waals surface area contributed by atoms with Gasteiger partial charge in [0.2, 0.25) is 0 Å². The van der Waals surface area contributed by atoms with Crippen LogP contribution in [0.15, 0.2) is 89.5 Å². The Hall–Kier alpha value is -3.18. The average Bonchev–Trinajstić information content (AvgIpc) is 3.03. The van der Waals surface area contributed by atoms with Crippen molar-refractivity contribution in [3.8, 4) is 22.4 Å². The van der Waals surface area contributed by atoms with E-state index in [0.717, 1.165) is 21.3 Å². The Labute approximate surface area is 178 Å². The monoisotopic (exact) mass is 446 g/mol. The zero-order valence-electron chi connectivity index (χ0n) is 16.0. The first kappa shape index (κ1) is 19.2.